The smallest absolute Gasteiger partial charge is 0.294 e. The third-order valence-electron chi connectivity index (χ3n) is 5.21. The maximum Gasteiger partial charge on any atom is 0.308 e. The van der Waals surface area contributed by atoms with E-state index in [4.69, 9.17) is 11.6 Å². The number of halogens is 1. The van der Waals surface area contributed by atoms with E-state index in [-0.39, 0.29) is 9.77 Å². The van der Waals surface area contributed by atoms with Gasteiger partial charge in [-0.25, -0.2) is 8.42 Å². The van der Waals surface area contributed by atoms with E-state index in [1.54, 1.807) is 41.0 Å². The maximum atomic E-state index is 13.0. The molecular weight excluding hydrogens is 464 g/mol. The van der Waals surface area contributed by atoms with Gasteiger partial charge in [-0.2, -0.15) is 0 Å². The van der Waals surface area contributed by atoms with E-state index < -0.39 is 10.0 Å². The number of aromatic nitrogens is 1. The molecule has 160 valence electrons. The van der Waals surface area contributed by atoms with E-state index in [9.17, 15) is 13.2 Å². The molecule has 0 radical (unpaired) electrons. The molecule has 0 unspecified atom stereocenters. The summed E-state index contributed by atoms with van der Waals surface area (Å²) < 4.78 is 30.9. The molecule has 8 heteroatoms. The first kappa shape index (κ1) is 20.8. The van der Waals surface area contributed by atoms with Crippen molar-refractivity contribution in [3.8, 4) is 0 Å². The predicted molar refractivity (Wildman–Crippen MR) is 131 cm³/mol. The number of hydrogen-bond donors (Lipinski definition) is 1. The first-order valence-electron chi connectivity index (χ1n) is 9.78. The van der Waals surface area contributed by atoms with E-state index >= 15 is 0 Å². The average Bonchev–Trinajstić information content (AvgIpc) is 3.09. The first-order valence-corrected chi connectivity index (χ1v) is 12.5. The predicted octanol–water partition coefficient (Wildman–Crippen LogP) is 5.72. The summed E-state index contributed by atoms with van der Waals surface area (Å²) in [5.74, 6) is 0. The summed E-state index contributed by atoms with van der Waals surface area (Å²) in [6, 6.07) is 25.2. The zero-order valence-electron chi connectivity index (χ0n) is 16.7. The van der Waals surface area contributed by atoms with Gasteiger partial charge >= 0.3 is 4.87 Å². The molecule has 0 fully saturated rings. The Bertz CT molecular complexity index is 1620. The standard InChI is InChI=1S/C24H17ClN2O3S2/c25-19-8-5-16(6-9-19)15-27-22-12-11-21(14-23(22)31-24(27)28)32(29,30)26-20-10-7-17-3-1-2-4-18(17)13-20/h1-14,26H,15H2. The van der Waals surface area contributed by atoms with Crippen molar-refractivity contribution in [2.45, 2.75) is 11.4 Å². The van der Waals surface area contributed by atoms with Crippen molar-refractivity contribution in [2.75, 3.05) is 4.72 Å². The molecule has 0 amide bonds. The molecule has 0 aliphatic heterocycles. The van der Waals surface area contributed by atoms with Crippen LogP contribution in [0.3, 0.4) is 0 Å². The monoisotopic (exact) mass is 480 g/mol. The fourth-order valence-corrected chi connectivity index (χ4v) is 5.81. The van der Waals surface area contributed by atoms with Crippen LogP contribution in [0.25, 0.3) is 21.0 Å². The van der Waals surface area contributed by atoms with Gasteiger partial charge in [-0.3, -0.25) is 14.1 Å². The number of benzene rings is 4. The highest BCUT2D eigenvalue weighted by molar-refractivity contribution is 7.92. The lowest BCUT2D eigenvalue weighted by molar-refractivity contribution is 0.601. The summed E-state index contributed by atoms with van der Waals surface area (Å²) in [5.41, 5.74) is 2.11. The Balaban J connectivity index is 1.47. The van der Waals surface area contributed by atoms with Gasteiger partial charge in [-0.15, -0.1) is 0 Å². The molecule has 0 aliphatic rings. The molecule has 5 aromatic rings. The van der Waals surface area contributed by atoms with Crippen LogP contribution in [0.4, 0.5) is 5.69 Å². The third kappa shape index (κ3) is 4.02. The maximum absolute atomic E-state index is 13.0. The Morgan fingerprint density at radius 2 is 1.62 bits per heavy atom. The molecule has 0 bridgehead atoms. The summed E-state index contributed by atoms with van der Waals surface area (Å²) >= 11 is 6.97. The van der Waals surface area contributed by atoms with E-state index in [1.807, 2.05) is 42.5 Å². The van der Waals surface area contributed by atoms with Crippen LogP contribution in [0.2, 0.25) is 5.02 Å². The molecular formula is C24H17ClN2O3S2. The largest absolute Gasteiger partial charge is 0.308 e. The van der Waals surface area contributed by atoms with Crippen molar-refractivity contribution >= 4 is 59.6 Å². The third-order valence-corrected chi connectivity index (χ3v) is 7.78. The number of fused-ring (bicyclic) bond motifs is 2. The highest BCUT2D eigenvalue weighted by atomic mass is 35.5. The first-order chi connectivity index (χ1) is 15.4. The zero-order chi connectivity index (χ0) is 22.3. The molecule has 0 saturated heterocycles. The summed E-state index contributed by atoms with van der Waals surface area (Å²) in [7, 11) is -3.81. The van der Waals surface area contributed by atoms with Crippen LogP contribution in [0.5, 0.6) is 0 Å². The number of hydrogen-bond acceptors (Lipinski definition) is 4. The van der Waals surface area contributed by atoms with Crippen LogP contribution >= 0.6 is 22.9 Å². The summed E-state index contributed by atoms with van der Waals surface area (Å²) in [4.78, 5) is 12.5. The highest BCUT2D eigenvalue weighted by Crippen LogP contribution is 2.26. The van der Waals surface area contributed by atoms with Crippen molar-refractivity contribution in [1.29, 1.82) is 0 Å². The topological polar surface area (TPSA) is 68.2 Å². The van der Waals surface area contributed by atoms with E-state index in [0.29, 0.717) is 27.5 Å². The SMILES string of the molecule is O=c1sc2cc(S(=O)(=O)Nc3ccc4ccccc4c3)ccc2n1Cc1ccc(Cl)cc1. The van der Waals surface area contributed by atoms with Gasteiger partial charge in [0.1, 0.15) is 0 Å². The number of rotatable bonds is 5. The molecule has 5 rings (SSSR count). The van der Waals surface area contributed by atoms with E-state index in [1.165, 1.54) is 6.07 Å². The molecule has 1 aromatic heterocycles. The fourth-order valence-electron chi connectivity index (χ4n) is 3.60. The lowest BCUT2D eigenvalue weighted by atomic mass is 10.1. The van der Waals surface area contributed by atoms with Crippen molar-refractivity contribution in [3.05, 3.63) is 105 Å². The molecule has 0 aliphatic carbocycles. The Kier molecular flexibility index (Phi) is 5.25. The molecule has 1 heterocycles. The zero-order valence-corrected chi connectivity index (χ0v) is 19.0. The minimum Gasteiger partial charge on any atom is -0.294 e. The fraction of sp³-hybridized carbons (Fsp3) is 0.0417. The lowest BCUT2D eigenvalue weighted by Gasteiger charge is -2.10. The van der Waals surface area contributed by atoms with Crippen LogP contribution in [-0.2, 0) is 16.6 Å². The van der Waals surface area contributed by atoms with Gasteiger partial charge in [-0.1, -0.05) is 65.4 Å². The second-order valence-corrected chi connectivity index (χ2v) is 10.5. The molecule has 0 saturated carbocycles. The quantitative estimate of drug-likeness (QED) is 0.350. The van der Waals surface area contributed by atoms with Crippen molar-refractivity contribution in [3.63, 3.8) is 0 Å². The molecule has 32 heavy (non-hydrogen) atoms. The van der Waals surface area contributed by atoms with Gasteiger partial charge in [-0.05, 0) is 58.8 Å². The summed E-state index contributed by atoms with van der Waals surface area (Å²) in [6.07, 6.45) is 0. The van der Waals surface area contributed by atoms with Crippen molar-refractivity contribution in [1.82, 2.24) is 4.57 Å². The number of thiazole rings is 1. The van der Waals surface area contributed by atoms with Gasteiger partial charge in [0.05, 0.1) is 21.7 Å². The number of nitrogens with zero attached hydrogens (tertiary/aromatic N) is 1. The van der Waals surface area contributed by atoms with Crippen LogP contribution in [-0.4, -0.2) is 13.0 Å². The second-order valence-electron chi connectivity index (χ2n) is 7.38. The van der Waals surface area contributed by atoms with Crippen LogP contribution in [0, 0.1) is 0 Å². The van der Waals surface area contributed by atoms with Gasteiger partial charge in [0, 0.05) is 10.7 Å². The van der Waals surface area contributed by atoms with Gasteiger partial charge in [0.15, 0.2) is 0 Å². The number of anilines is 1. The van der Waals surface area contributed by atoms with Gasteiger partial charge in [0.2, 0.25) is 0 Å². The molecule has 0 spiro atoms. The van der Waals surface area contributed by atoms with Crippen LogP contribution in [0.15, 0.2) is 94.6 Å². The Labute approximate surface area is 193 Å². The Morgan fingerprint density at radius 1 is 0.875 bits per heavy atom. The van der Waals surface area contributed by atoms with Crippen LogP contribution < -0.4 is 9.60 Å². The highest BCUT2D eigenvalue weighted by Gasteiger charge is 2.17. The summed E-state index contributed by atoms with van der Waals surface area (Å²) in [5, 5.41) is 2.61. The molecule has 5 nitrogen and oxygen atoms in total. The minimum atomic E-state index is -3.81. The Morgan fingerprint density at radius 3 is 2.41 bits per heavy atom. The van der Waals surface area contributed by atoms with Gasteiger partial charge < -0.3 is 0 Å². The van der Waals surface area contributed by atoms with Crippen molar-refractivity contribution < 1.29 is 8.42 Å². The molecule has 4 aromatic carbocycles. The average molecular weight is 481 g/mol. The van der Waals surface area contributed by atoms with E-state index in [2.05, 4.69) is 4.72 Å². The van der Waals surface area contributed by atoms with Crippen molar-refractivity contribution in [2.24, 2.45) is 0 Å². The molecule has 1 N–H and O–H groups in total. The number of sulfonamides is 1. The molecule has 0 atom stereocenters. The lowest BCUT2D eigenvalue weighted by Crippen LogP contribution is -2.14. The summed E-state index contributed by atoms with van der Waals surface area (Å²) in [6.45, 7) is 0.386. The normalized spacial score (nSPS) is 11.8. The van der Waals surface area contributed by atoms with E-state index in [0.717, 1.165) is 27.7 Å². The van der Waals surface area contributed by atoms with Crippen LogP contribution in [0.1, 0.15) is 5.56 Å². The number of nitrogens with one attached hydrogen (secondary N) is 1. The van der Waals surface area contributed by atoms with Gasteiger partial charge in [0.25, 0.3) is 10.0 Å². The minimum absolute atomic E-state index is 0.109. The second kappa shape index (κ2) is 8.09. The Hall–Kier alpha value is -3.13.